The first-order valence-electron chi connectivity index (χ1n) is 6.96. The first kappa shape index (κ1) is 19.2. The Bertz CT molecular complexity index is 483. The number of nitrogens with zero attached hydrogens (tertiary/aromatic N) is 1. The minimum absolute atomic E-state index is 0.0252. The van der Waals surface area contributed by atoms with Crippen molar-refractivity contribution in [2.75, 3.05) is 13.7 Å². The van der Waals surface area contributed by atoms with E-state index >= 15 is 0 Å². The molecule has 0 aromatic heterocycles. The van der Waals surface area contributed by atoms with Crippen molar-refractivity contribution in [2.45, 2.75) is 33.8 Å². The van der Waals surface area contributed by atoms with Crippen molar-refractivity contribution >= 4 is 12.0 Å². The Morgan fingerprint density at radius 1 is 1.33 bits per heavy atom. The zero-order chi connectivity index (χ0) is 16.3. The molecular formula is C17H26N2O2. The molecule has 4 heteroatoms. The number of nitrogens with two attached hydrogens (primary N) is 1. The lowest BCUT2D eigenvalue weighted by Crippen LogP contribution is -2.01. The van der Waals surface area contributed by atoms with E-state index in [0.29, 0.717) is 12.1 Å². The number of carbonyl (C=O) groups is 1. The van der Waals surface area contributed by atoms with Gasteiger partial charge in [-0.25, -0.2) is 0 Å². The highest BCUT2D eigenvalue weighted by Crippen LogP contribution is 2.06. The largest absolute Gasteiger partial charge is 0.378 e. The third-order valence-corrected chi connectivity index (χ3v) is 2.90. The average Bonchev–Trinajstić information content (AvgIpc) is 2.50. The summed E-state index contributed by atoms with van der Waals surface area (Å²) in [6.45, 7) is 7.79. The van der Waals surface area contributed by atoms with Gasteiger partial charge in [0.05, 0.1) is 11.8 Å². The van der Waals surface area contributed by atoms with Crippen LogP contribution in [-0.2, 0) is 9.53 Å². The van der Waals surface area contributed by atoms with Crippen molar-refractivity contribution < 1.29 is 9.53 Å². The molecule has 4 nitrogen and oxygen atoms in total. The summed E-state index contributed by atoms with van der Waals surface area (Å²) >= 11 is 0. The quantitative estimate of drug-likeness (QED) is 0.424. The molecule has 0 radical (unpaired) electrons. The van der Waals surface area contributed by atoms with Gasteiger partial charge >= 0.3 is 0 Å². The Morgan fingerprint density at radius 3 is 2.52 bits per heavy atom. The number of carbonyl (C=O) groups excluding carboxylic acids is 1. The minimum Gasteiger partial charge on any atom is -0.378 e. The second-order valence-corrected chi connectivity index (χ2v) is 4.60. The van der Waals surface area contributed by atoms with Gasteiger partial charge < -0.3 is 10.5 Å². The van der Waals surface area contributed by atoms with Crippen molar-refractivity contribution in [1.29, 1.82) is 0 Å². The third kappa shape index (κ3) is 8.17. The fraction of sp³-hybridized carbons (Fsp3) is 0.412. The first-order valence-corrected chi connectivity index (χ1v) is 6.96. The van der Waals surface area contributed by atoms with Crippen LogP contribution in [0.4, 0.5) is 0 Å². The van der Waals surface area contributed by atoms with Crippen LogP contribution in [0.25, 0.3) is 0 Å². The number of ketones is 1. The molecule has 2 N–H and O–H groups in total. The smallest absolute Gasteiger partial charge is 0.184 e. The maximum atomic E-state index is 11.9. The van der Waals surface area contributed by atoms with Crippen LogP contribution in [0.1, 0.15) is 27.7 Å². The molecule has 0 aliphatic rings. The van der Waals surface area contributed by atoms with Crippen molar-refractivity contribution in [3.8, 4) is 0 Å². The van der Waals surface area contributed by atoms with Crippen molar-refractivity contribution in [3.05, 3.63) is 47.2 Å². The lowest BCUT2D eigenvalue weighted by atomic mass is 10.1. The zero-order valence-electron chi connectivity index (χ0n) is 13.6. The summed E-state index contributed by atoms with van der Waals surface area (Å²) in [5.41, 5.74) is 7.57. The highest BCUT2D eigenvalue weighted by Gasteiger charge is 2.04. The van der Waals surface area contributed by atoms with E-state index in [1.165, 1.54) is 0 Å². The van der Waals surface area contributed by atoms with Crippen LogP contribution in [-0.4, -0.2) is 31.8 Å². The summed E-state index contributed by atoms with van der Waals surface area (Å²) in [5.74, 6) is 0.0252. The van der Waals surface area contributed by atoms with Gasteiger partial charge in [-0.2, -0.15) is 0 Å². The lowest BCUT2D eigenvalue weighted by molar-refractivity contribution is -0.112. The van der Waals surface area contributed by atoms with Gasteiger partial charge in [0.15, 0.2) is 5.78 Å². The topological polar surface area (TPSA) is 64.7 Å². The molecule has 0 bridgehead atoms. The molecule has 0 aliphatic carbocycles. The van der Waals surface area contributed by atoms with Crippen LogP contribution in [0, 0.1) is 0 Å². The van der Waals surface area contributed by atoms with Crippen molar-refractivity contribution in [1.82, 2.24) is 0 Å². The Labute approximate surface area is 127 Å². The molecule has 1 atom stereocenters. The van der Waals surface area contributed by atoms with Crippen LogP contribution >= 0.6 is 0 Å². The SMILES string of the molecule is C/C=C(/C)C(=O)\C(C)=C/C=N\C(\C=C/CN)=C\C(C)OC. The van der Waals surface area contributed by atoms with Crippen molar-refractivity contribution in [2.24, 2.45) is 10.7 Å². The number of Topliss-reactive ketones (excluding diaryl/α,β-unsaturated/α-hetero) is 1. The van der Waals surface area contributed by atoms with Gasteiger partial charge in [-0.3, -0.25) is 9.79 Å². The zero-order valence-corrected chi connectivity index (χ0v) is 13.6. The number of hydrogen-bond acceptors (Lipinski definition) is 4. The molecule has 0 spiro atoms. The summed E-state index contributed by atoms with van der Waals surface area (Å²) in [5, 5.41) is 0. The minimum atomic E-state index is -0.0449. The summed E-state index contributed by atoms with van der Waals surface area (Å²) < 4.78 is 5.18. The number of allylic oxidation sites excluding steroid dienone is 5. The number of rotatable bonds is 8. The standard InChI is InChI=1S/C17H26N2O2/c1-6-13(2)17(20)14(3)9-11-19-16(8-7-10-18)12-15(4)21-5/h6-9,11-12,15H,10,18H2,1-5H3/b8-7-,13-6-,14-9-,16-12+,19-11-. The van der Waals surface area contributed by atoms with Crippen LogP contribution in [0.5, 0.6) is 0 Å². The molecule has 0 aromatic rings. The molecule has 0 aliphatic heterocycles. The Hall–Kier alpha value is -1.78. The molecule has 0 saturated heterocycles. The number of hydrogen-bond donors (Lipinski definition) is 1. The van der Waals surface area contributed by atoms with Gasteiger partial charge in [0.1, 0.15) is 0 Å². The monoisotopic (exact) mass is 290 g/mol. The average molecular weight is 290 g/mol. The molecule has 0 saturated carbocycles. The molecule has 116 valence electrons. The molecular weight excluding hydrogens is 264 g/mol. The van der Waals surface area contributed by atoms with Crippen LogP contribution in [0.2, 0.25) is 0 Å². The summed E-state index contributed by atoms with van der Waals surface area (Å²) in [7, 11) is 1.64. The van der Waals surface area contributed by atoms with E-state index in [2.05, 4.69) is 4.99 Å². The van der Waals surface area contributed by atoms with Crippen LogP contribution in [0.3, 0.4) is 0 Å². The van der Waals surface area contributed by atoms with Gasteiger partial charge in [0, 0.05) is 19.9 Å². The first-order chi connectivity index (χ1) is 9.96. The number of aliphatic imine (C=N–C) groups is 1. The highest BCUT2D eigenvalue weighted by atomic mass is 16.5. The number of ether oxygens (including phenoxy) is 1. The van der Waals surface area contributed by atoms with E-state index in [0.717, 1.165) is 11.3 Å². The third-order valence-electron chi connectivity index (χ3n) is 2.90. The summed E-state index contributed by atoms with van der Waals surface area (Å²) in [4.78, 5) is 16.2. The maximum absolute atomic E-state index is 11.9. The normalized spacial score (nSPS) is 16.0. The summed E-state index contributed by atoms with van der Waals surface area (Å²) in [6.07, 6.45) is 10.6. The van der Waals surface area contributed by atoms with E-state index < -0.39 is 0 Å². The fourth-order valence-electron chi connectivity index (χ4n) is 1.39. The molecule has 0 fully saturated rings. The van der Waals surface area contributed by atoms with Gasteiger partial charge in [-0.1, -0.05) is 12.2 Å². The van der Waals surface area contributed by atoms with E-state index in [9.17, 15) is 4.79 Å². The number of methoxy groups -OCH3 is 1. The van der Waals surface area contributed by atoms with Crippen LogP contribution in [0.15, 0.2) is 52.2 Å². The van der Waals surface area contributed by atoms with Gasteiger partial charge in [-0.15, -0.1) is 0 Å². The van der Waals surface area contributed by atoms with Gasteiger partial charge in [0.2, 0.25) is 0 Å². The van der Waals surface area contributed by atoms with Gasteiger partial charge in [-0.05, 0) is 57.1 Å². The molecule has 0 amide bonds. The van der Waals surface area contributed by atoms with Gasteiger partial charge in [0.25, 0.3) is 0 Å². The lowest BCUT2D eigenvalue weighted by Gasteiger charge is -2.03. The van der Waals surface area contributed by atoms with E-state index in [1.807, 2.05) is 32.1 Å². The maximum Gasteiger partial charge on any atom is 0.184 e. The fourth-order valence-corrected chi connectivity index (χ4v) is 1.39. The second kappa shape index (κ2) is 10.9. The van der Waals surface area contributed by atoms with E-state index in [1.54, 1.807) is 39.3 Å². The van der Waals surface area contributed by atoms with E-state index in [4.69, 9.17) is 10.5 Å². The molecule has 21 heavy (non-hydrogen) atoms. The Balaban J connectivity index is 5.05. The molecule has 0 aromatic carbocycles. The molecule has 0 rings (SSSR count). The van der Waals surface area contributed by atoms with Crippen LogP contribution < -0.4 is 5.73 Å². The Kier molecular flexibility index (Phi) is 10.0. The van der Waals surface area contributed by atoms with Crippen molar-refractivity contribution in [3.63, 3.8) is 0 Å². The predicted octanol–water partition coefficient (Wildman–Crippen LogP) is 2.97. The molecule has 1 unspecified atom stereocenters. The second-order valence-electron chi connectivity index (χ2n) is 4.60. The van der Waals surface area contributed by atoms with E-state index in [-0.39, 0.29) is 11.9 Å². The Morgan fingerprint density at radius 2 is 2.00 bits per heavy atom. The predicted molar refractivity (Wildman–Crippen MR) is 89.4 cm³/mol. The highest BCUT2D eigenvalue weighted by molar-refractivity contribution is 6.09. The molecule has 0 heterocycles. The summed E-state index contributed by atoms with van der Waals surface area (Å²) in [6, 6.07) is 0.